The quantitative estimate of drug-likeness (QED) is 0.229. The molecule has 1 amide bonds. The van der Waals surface area contributed by atoms with Crippen LogP contribution in [0.5, 0.6) is 17.2 Å². The number of carbonyl (C=O) groups excluding carboxylic acids is 2. The van der Waals surface area contributed by atoms with E-state index in [1.165, 1.54) is 13.2 Å². The number of halogens is 2. The van der Waals surface area contributed by atoms with Crippen molar-refractivity contribution >= 4 is 23.1 Å². The third-order valence-corrected chi connectivity index (χ3v) is 5.91. The summed E-state index contributed by atoms with van der Waals surface area (Å²) in [7, 11) is 1.47. The molecular formula is C29H27F2NO6. The van der Waals surface area contributed by atoms with Crippen molar-refractivity contribution in [3.05, 3.63) is 89.0 Å². The summed E-state index contributed by atoms with van der Waals surface area (Å²) in [5, 5.41) is 11.4. The molecule has 0 aromatic heterocycles. The molecule has 7 nitrogen and oxygen atoms in total. The van der Waals surface area contributed by atoms with Gasteiger partial charge in [-0.1, -0.05) is 18.2 Å². The van der Waals surface area contributed by atoms with Crippen LogP contribution in [0.15, 0.2) is 66.2 Å². The summed E-state index contributed by atoms with van der Waals surface area (Å²) in [5.41, 5.74) is 0.346. The Morgan fingerprint density at radius 2 is 1.76 bits per heavy atom. The molecule has 1 saturated heterocycles. The minimum Gasteiger partial charge on any atom is -0.507 e. The Morgan fingerprint density at radius 3 is 2.42 bits per heavy atom. The average Bonchev–Trinajstić information content (AvgIpc) is 3.15. The van der Waals surface area contributed by atoms with Crippen LogP contribution in [-0.4, -0.2) is 36.6 Å². The van der Waals surface area contributed by atoms with Gasteiger partial charge in [0.2, 0.25) is 0 Å². The number of hydrogen-bond acceptors (Lipinski definition) is 6. The molecule has 0 aliphatic carbocycles. The van der Waals surface area contributed by atoms with E-state index >= 15 is 0 Å². The minimum absolute atomic E-state index is 0.0549. The highest BCUT2D eigenvalue weighted by atomic mass is 19.2. The molecule has 0 saturated carbocycles. The summed E-state index contributed by atoms with van der Waals surface area (Å²) in [4.78, 5) is 27.7. The molecule has 1 heterocycles. The molecule has 3 aromatic carbocycles. The van der Waals surface area contributed by atoms with Gasteiger partial charge in [0.25, 0.3) is 11.7 Å². The van der Waals surface area contributed by atoms with Crippen LogP contribution in [0.1, 0.15) is 37.9 Å². The van der Waals surface area contributed by atoms with E-state index in [1.807, 2.05) is 13.8 Å². The molecule has 4 rings (SSSR count). The Morgan fingerprint density at radius 1 is 1.00 bits per heavy atom. The number of anilines is 1. The first-order chi connectivity index (χ1) is 18.2. The maximum absolute atomic E-state index is 14.2. The van der Waals surface area contributed by atoms with E-state index in [1.54, 1.807) is 49.4 Å². The molecule has 0 bridgehead atoms. The SMILES string of the molecule is CCOc1cc(C2/C(=C(\O)c3cccc(OC(C)C)c3)C(=O)C(=O)N2c2ccc(F)c(F)c2)ccc1OC. The lowest BCUT2D eigenvalue weighted by molar-refractivity contribution is -0.132. The van der Waals surface area contributed by atoms with Gasteiger partial charge in [-0.15, -0.1) is 0 Å². The number of hydrogen-bond donors (Lipinski definition) is 1. The molecule has 198 valence electrons. The number of rotatable bonds is 8. The van der Waals surface area contributed by atoms with Gasteiger partial charge in [-0.3, -0.25) is 14.5 Å². The molecule has 1 N–H and O–H groups in total. The number of Topliss-reactive ketones (excluding diaryl/α,β-unsaturated/α-hetero) is 1. The van der Waals surface area contributed by atoms with Crippen LogP contribution >= 0.6 is 0 Å². The van der Waals surface area contributed by atoms with Crippen molar-refractivity contribution in [2.75, 3.05) is 18.6 Å². The number of ketones is 1. The van der Waals surface area contributed by atoms with Crippen molar-refractivity contribution in [1.29, 1.82) is 0 Å². The topological polar surface area (TPSA) is 85.3 Å². The zero-order valence-electron chi connectivity index (χ0n) is 21.3. The fraction of sp³-hybridized carbons (Fsp3) is 0.241. The molecule has 38 heavy (non-hydrogen) atoms. The van der Waals surface area contributed by atoms with Gasteiger partial charge in [-0.05, 0) is 62.7 Å². The molecule has 1 atom stereocenters. The Balaban J connectivity index is 1.95. The van der Waals surface area contributed by atoms with Gasteiger partial charge in [0.15, 0.2) is 23.1 Å². The number of benzene rings is 3. The fourth-order valence-electron chi connectivity index (χ4n) is 4.33. The van der Waals surface area contributed by atoms with Crippen molar-refractivity contribution in [1.82, 2.24) is 0 Å². The molecule has 9 heteroatoms. The van der Waals surface area contributed by atoms with E-state index in [9.17, 15) is 23.5 Å². The molecular weight excluding hydrogens is 496 g/mol. The number of ether oxygens (including phenoxy) is 3. The van der Waals surface area contributed by atoms with Gasteiger partial charge in [0, 0.05) is 17.3 Å². The second kappa shape index (κ2) is 10.9. The summed E-state index contributed by atoms with van der Waals surface area (Å²) in [6.45, 7) is 5.79. The van der Waals surface area contributed by atoms with Crippen LogP contribution in [0.2, 0.25) is 0 Å². The number of nitrogens with zero attached hydrogens (tertiary/aromatic N) is 1. The highest BCUT2D eigenvalue weighted by molar-refractivity contribution is 6.51. The van der Waals surface area contributed by atoms with Gasteiger partial charge >= 0.3 is 0 Å². The van der Waals surface area contributed by atoms with Crippen LogP contribution in [0, 0.1) is 11.6 Å². The molecule has 1 fully saturated rings. The number of carbonyl (C=O) groups is 2. The number of methoxy groups -OCH3 is 1. The lowest BCUT2D eigenvalue weighted by Crippen LogP contribution is -2.29. The highest BCUT2D eigenvalue weighted by Crippen LogP contribution is 2.44. The van der Waals surface area contributed by atoms with Gasteiger partial charge in [-0.2, -0.15) is 0 Å². The first-order valence-corrected chi connectivity index (χ1v) is 12.0. The minimum atomic E-state index is -1.19. The summed E-state index contributed by atoms with van der Waals surface area (Å²) < 4.78 is 44.7. The zero-order chi connectivity index (χ0) is 27.6. The van der Waals surface area contributed by atoms with Gasteiger partial charge in [-0.25, -0.2) is 8.78 Å². The Hall–Kier alpha value is -4.40. The smallest absolute Gasteiger partial charge is 0.300 e. The highest BCUT2D eigenvalue weighted by Gasteiger charge is 2.47. The van der Waals surface area contributed by atoms with E-state index in [4.69, 9.17) is 14.2 Å². The Labute approximate surface area is 218 Å². The third kappa shape index (κ3) is 5.04. The number of amides is 1. The normalized spacial score (nSPS) is 16.7. The molecule has 3 aromatic rings. The first-order valence-electron chi connectivity index (χ1n) is 12.0. The van der Waals surface area contributed by atoms with E-state index in [0.29, 0.717) is 29.4 Å². The van der Waals surface area contributed by atoms with E-state index in [-0.39, 0.29) is 22.9 Å². The number of aliphatic hydroxyl groups is 1. The predicted molar refractivity (Wildman–Crippen MR) is 138 cm³/mol. The second-order valence-corrected chi connectivity index (χ2v) is 8.81. The zero-order valence-corrected chi connectivity index (χ0v) is 21.3. The van der Waals surface area contributed by atoms with Crippen molar-refractivity contribution in [3.63, 3.8) is 0 Å². The number of aliphatic hydroxyl groups excluding tert-OH is 1. The standard InChI is InChI=1S/C29H27F2NO6/c1-5-37-24-14-17(9-12-23(24)36-4)26-25(27(33)18-7-6-8-20(13-18)38-16(2)3)28(34)29(35)32(26)19-10-11-21(30)22(31)15-19/h6-16,26,33H,5H2,1-4H3/b27-25+. The van der Waals surface area contributed by atoms with Crippen molar-refractivity contribution in [3.8, 4) is 17.2 Å². The lowest BCUT2D eigenvalue weighted by atomic mass is 9.94. The molecule has 0 spiro atoms. The van der Waals surface area contributed by atoms with E-state index in [2.05, 4.69) is 0 Å². The van der Waals surface area contributed by atoms with Crippen LogP contribution in [0.4, 0.5) is 14.5 Å². The van der Waals surface area contributed by atoms with E-state index in [0.717, 1.165) is 17.0 Å². The van der Waals surface area contributed by atoms with Gasteiger partial charge in [0.1, 0.15) is 11.5 Å². The Bertz CT molecular complexity index is 1420. The summed E-state index contributed by atoms with van der Waals surface area (Å²) >= 11 is 0. The van der Waals surface area contributed by atoms with Crippen LogP contribution in [0.25, 0.3) is 5.76 Å². The maximum atomic E-state index is 14.2. The molecule has 0 radical (unpaired) electrons. The third-order valence-electron chi connectivity index (χ3n) is 5.91. The van der Waals surface area contributed by atoms with Crippen LogP contribution in [-0.2, 0) is 9.59 Å². The van der Waals surface area contributed by atoms with Crippen LogP contribution in [0.3, 0.4) is 0 Å². The van der Waals surface area contributed by atoms with Crippen molar-refractivity contribution < 1.29 is 37.7 Å². The first kappa shape index (κ1) is 26.7. The molecule has 1 aliphatic heterocycles. The maximum Gasteiger partial charge on any atom is 0.300 e. The van der Waals surface area contributed by atoms with Crippen molar-refractivity contribution in [2.45, 2.75) is 32.9 Å². The summed E-state index contributed by atoms with van der Waals surface area (Å²) in [5.74, 6) is -3.51. The summed E-state index contributed by atoms with van der Waals surface area (Å²) in [6.07, 6.45) is -0.136. The monoisotopic (exact) mass is 523 g/mol. The van der Waals surface area contributed by atoms with Crippen LogP contribution < -0.4 is 19.1 Å². The van der Waals surface area contributed by atoms with E-state index < -0.39 is 35.1 Å². The van der Waals surface area contributed by atoms with Gasteiger partial charge in [0.05, 0.1) is 31.4 Å². The molecule has 1 aliphatic rings. The second-order valence-electron chi connectivity index (χ2n) is 8.81. The largest absolute Gasteiger partial charge is 0.507 e. The Kier molecular flexibility index (Phi) is 7.66. The molecule has 1 unspecified atom stereocenters. The average molecular weight is 524 g/mol. The van der Waals surface area contributed by atoms with Crippen molar-refractivity contribution in [2.24, 2.45) is 0 Å². The predicted octanol–water partition coefficient (Wildman–Crippen LogP) is 5.79. The summed E-state index contributed by atoms with van der Waals surface area (Å²) in [6, 6.07) is 13.0. The fourth-order valence-corrected chi connectivity index (χ4v) is 4.33. The lowest BCUT2D eigenvalue weighted by Gasteiger charge is -2.26. The van der Waals surface area contributed by atoms with Gasteiger partial charge < -0.3 is 19.3 Å².